The van der Waals surface area contributed by atoms with Gasteiger partial charge in [0.15, 0.2) is 18.1 Å². The van der Waals surface area contributed by atoms with Crippen molar-refractivity contribution < 1.29 is 14.3 Å². The van der Waals surface area contributed by atoms with E-state index in [0.29, 0.717) is 18.0 Å². The maximum absolute atomic E-state index is 11.6. The maximum Gasteiger partial charge on any atom is 0.258 e. The summed E-state index contributed by atoms with van der Waals surface area (Å²) in [6, 6.07) is 11.0. The fourth-order valence-corrected chi connectivity index (χ4v) is 1.60. The summed E-state index contributed by atoms with van der Waals surface area (Å²) in [4.78, 5) is 14.6. The van der Waals surface area contributed by atoms with Crippen LogP contribution >= 0.6 is 0 Å². The van der Waals surface area contributed by atoms with Crippen molar-refractivity contribution in [3.05, 3.63) is 48.3 Å². The second-order valence-corrected chi connectivity index (χ2v) is 3.91. The van der Waals surface area contributed by atoms with E-state index in [0.717, 1.165) is 5.69 Å². The summed E-state index contributed by atoms with van der Waals surface area (Å²) < 4.78 is 10.5. The van der Waals surface area contributed by atoms with Gasteiger partial charge in [0.2, 0.25) is 0 Å². The lowest BCUT2D eigenvalue weighted by molar-refractivity contribution is -0.123. The highest BCUT2D eigenvalue weighted by atomic mass is 16.5. The van der Waals surface area contributed by atoms with Gasteiger partial charge in [0, 0.05) is 11.9 Å². The first-order chi connectivity index (χ1) is 9.29. The molecule has 2 aromatic rings. The lowest BCUT2D eigenvalue weighted by Crippen LogP contribution is -2.28. The van der Waals surface area contributed by atoms with E-state index in [-0.39, 0.29) is 12.5 Å². The number of hydrogen-bond acceptors (Lipinski definition) is 3. The number of amides is 1. The molecule has 2 rings (SSSR count). The van der Waals surface area contributed by atoms with Crippen LogP contribution in [0.15, 0.2) is 42.6 Å². The minimum Gasteiger partial charge on any atom is -0.493 e. The van der Waals surface area contributed by atoms with E-state index in [1.807, 2.05) is 30.5 Å². The molecular formula is C14H16N2O3. The van der Waals surface area contributed by atoms with Gasteiger partial charge in [-0.2, -0.15) is 0 Å². The molecule has 0 unspecified atom stereocenters. The van der Waals surface area contributed by atoms with Gasteiger partial charge in [-0.25, -0.2) is 0 Å². The first kappa shape index (κ1) is 13.0. The summed E-state index contributed by atoms with van der Waals surface area (Å²) in [6.45, 7) is 0.419. The lowest BCUT2D eigenvalue weighted by Gasteiger charge is -2.10. The van der Waals surface area contributed by atoms with Gasteiger partial charge in [-0.05, 0) is 24.3 Å². The van der Waals surface area contributed by atoms with Crippen molar-refractivity contribution in [2.45, 2.75) is 6.54 Å². The van der Waals surface area contributed by atoms with Crippen LogP contribution in [-0.2, 0) is 11.3 Å². The molecule has 5 nitrogen and oxygen atoms in total. The number of ether oxygens (including phenoxy) is 2. The number of hydrogen-bond donors (Lipinski definition) is 2. The van der Waals surface area contributed by atoms with Crippen molar-refractivity contribution in [3.8, 4) is 11.5 Å². The second-order valence-electron chi connectivity index (χ2n) is 3.91. The van der Waals surface area contributed by atoms with Crippen LogP contribution in [0.5, 0.6) is 11.5 Å². The molecule has 0 radical (unpaired) electrons. The van der Waals surface area contributed by atoms with Crippen molar-refractivity contribution in [2.75, 3.05) is 13.7 Å². The first-order valence-corrected chi connectivity index (χ1v) is 5.94. The number of aromatic amines is 1. The van der Waals surface area contributed by atoms with E-state index >= 15 is 0 Å². The molecule has 0 aliphatic heterocycles. The Morgan fingerprint density at radius 3 is 2.68 bits per heavy atom. The third kappa shape index (κ3) is 3.77. The Hall–Kier alpha value is -2.43. The van der Waals surface area contributed by atoms with E-state index in [4.69, 9.17) is 9.47 Å². The summed E-state index contributed by atoms with van der Waals surface area (Å²) in [6.07, 6.45) is 1.81. The molecule has 0 fully saturated rings. The van der Waals surface area contributed by atoms with Crippen LogP contribution in [-0.4, -0.2) is 24.6 Å². The summed E-state index contributed by atoms with van der Waals surface area (Å²) in [5, 5.41) is 2.76. The fraction of sp³-hybridized carbons (Fsp3) is 0.214. The number of carbonyl (C=O) groups is 1. The number of carbonyl (C=O) groups excluding carboxylic acids is 1. The third-order valence-electron chi connectivity index (χ3n) is 2.57. The fourth-order valence-electron chi connectivity index (χ4n) is 1.60. The molecule has 1 aromatic heterocycles. The molecule has 1 aromatic carbocycles. The monoisotopic (exact) mass is 260 g/mol. The zero-order chi connectivity index (χ0) is 13.5. The molecule has 19 heavy (non-hydrogen) atoms. The minimum absolute atomic E-state index is 0.0406. The second kappa shape index (κ2) is 6.49. The Morgan fingerprint density at radius 1 is 1.21 bits per heavy atom. The van der Waals surface area contributed by atoms with Gasteiger partial charge in [0.1, 0.15) is 0 Å². The molecule has 0 saturated heterocycles. The van der Waals surface area contributed by atoms with Crippen LogP contribution in [0.4, 0.5) is 0 Å². The Morgan fingerprint density at radius 2 is 2.00 bits per heavy atom. The van der Waals surface area contributed by atoms with Gasteiger partial charge in [0.05, 0.1) is 13.7 Å². The van der Waals surface area contributed by atoms with E-state index in [9.17, 15) is 4.79 Å². The number of benzene rings is 1. The van der Waals surface area contributed by atoms with Crippen molar-refractivity contribution in [1.29, 1.82) is 0 Å². The van der Waals surface area contributed by atoms with Crippen LogP contribution in [0.3, 0.4) is 0 Å². The molecule has 100 valence electrons. The van der Waals surface area contributed by atoms with Gasteiger partial charge < -0.3 is 19.8 Å². The number of aromatic nitrogens is 1. The molecule has 5 heteroatoms. The molecule has 0 spiro atoms. The Labute approximate surface area is 111 Å². The van der Waals surface area contributed by atoms with Crippen LogP contribution in [0.25, 0.3) is 0 Å². The van der Waals surface area contributed by atoms with Crippen molar-refractivity contribution in [2.24, 2.45) is 0 Å². The largest absolute Gasteiger partial charge is 0.493 e. The number of nitrogens with one attached hydrogen (secondary N) is 2. The van der Waals surface area contributed by atoms with Crippen LogP contribution < -0.4 is 14.8 Å². The zero-order valence-electron chi connectivity index (χ0n) is 10.7. The van der Waals surface area contributed by atoms with Crippen molar-refractivity contribution in [1.82, 2.24) is 10.3 Å². The van der Waals surface area contributed by atoms with E-state index in [2.05, 4.69) is 10.3 Å². The molecule has 2 N–H and O–H groups in total. The summed E-state index contributed by atoms with van der Waals surface area (Å²) in [5.41, 5.74) is 0.950. The highest BCUT2D eigenvalue weighted by molar-refractivity contribution is 5.77. The lowest BCUT2D eigenvalue weighted by atomic mass is 10.3. The van der Waals surface area contributed by atoms with Crippen molar-refractivity contribution >= 4 is 5.91 Å². The van der Waals surface area contributed by atoms with Crippen LogP contribution in [0.1, 0.15) is 5.69 Å². The number of H-pyrrole nitrogens is 1. The average molecular weight is 260 g/mol. The topological polar surface area (TPSA) is 63.4 Å². The third-order valence-corrected chi connectivity index (χ3v) is 2.57. The number of rotatable bonds is 6. The Bertz CT molecular complexity index is 523. The molecular weight excluding hydrogens is 244 g/mol. The standard InChI is InChI=1S/C14H16N2O3/c1-18-12-6-2-3-7-13(12)19-10-14(17)16-9-11-5-4-8-15-11/h2-8,15H,9-10H2,1H3,(H,16,17). The zero-order valence-corrected chi connectivity index (χ0v) is 10.7. The highest BCUT2D eigenvalue weighted by Gasteiger charge is 2.06. The van der Waals surface area contributed by atoms with E-state index < -0.39 is 0 Å². The predicted octanol–water partition coefficient (Wildman–Crippen LogP) is 1.72. The summed E-state index contributed by atoms with van der Waals surface area (Å²) in [5.74, 6) is 0.986. The first-order valence-electron chi connectivity index (χ1n) is 5.94. The SMILES string of the molecule is COc1ccccc1OCC(=O)NCc1ccc[nH]1. The van der Waals surface area contributed by atoms with E-state index in [1.54, 1.807) is 19.2 Å². The van der Waals surface area contributed by atoms with Gasteiger partial charge in [-0.15, -0.1) is 0 Å². The summed E-state index contributed by atoms with van der Waals surface area (Å²) in [7, 11) is 1.56. The van der Waals surface area contributed by atoms with Gasteiger partial charge >= 0.3 is 0 Å². The molecule has 0 bridgehead atoms. The van der Waals surface area contributed by atoms with Gasteiger partial charge in [-0.1, -0.05) is 12.1 Å². The maximum atomic E-state index is 11.6. The van der Waals surface area contributed by atoms with E-state index in [1.165, 1.54) is 0 Å². The van der Waals surface area contributed by atoms with Crippen molar-refractivity contribution in [3.63, 3.8) is 0 Å². The smallest absolute Gasteiger partial charge is 0.258 e. The predicted molar refractivity (Wildman–Crippen MR) is 71.1 cm³/mol. The Kier molecular flexibility index (Phi) is 4.44. The highest BCUT2D eigenvalue weighted by Crippen LogP contribution is 2.25. The van der Waals surface area contributed by atoms with Crippen LogP contribution in [0.2, 0.25) is 0 Å². The molecule has 0 saturated carbocycles. The quantitative estimate of drug-likeness (QED) is 0.831. The normalized spacial score (nSPS) is 9.95. The molecule has 0 atom stereocenters. The molecule has 1 amide bonds. The van der Waals surface area contributed by atoms with Gasteiger partial charge in [0.25, 0.3) is 5.91 Å². The molecule has 0 aliphatic rings. The summed E-state index contributed by atoms with van der Waals surface area (Å²) >= 11 is 0. The van der Waals surface area contributed by atoms with Crippen LogP contribution in [0, 0.1) is 0 Å². The molecule has 1 heterocycles. The minimum atomic E-state index is -0.180. The molecule has 0 aliphatic carbocycles. The van der Waals surface area contributed by atoms with Gasteiger partial charge in [-0.3, -0.25) is 4.79 Å². The average Bonchev–Trinajstić information content (AvgIpc) is 2.96. The Balaban J connectivity index is 1.80. The number of methoxy groups -OCH3 is 1. The number of para-hydroxylation sites is 2.